The Hall–Kier alpha value is -3.89. The van der Waals surface area contributed by atoms with Crippen LogP contribution in [0, 0.1) is 22.0 Å². The summed E-state index contributed by atoms with van der Waals surface area (Å²) < 4.78 is 20.8. The Morgan fingerprint density at radius 1 is 1.26 bits per heavy atom. The second-order valence-corrected chi connectivity index (χ2v) is 8.28. The van der Waals surface area contributed by atoms with Gasteiger partial charge in [0.05, 0.1) is 36.2 Å². The van der Waals surface area contributed by atoms with Gasteiger partial charge < -0.3 is 24.3 Å². The molecule has 0 spiro atoms. The molecule has 1 aromatic rings. The second kappa shape index (κ2) is 8.81. The molecule has 1 aromatic carbocycles. The van der Waals surface area contributed by atoms with Crippen LogP contribution in [-0.4, -0.2) is 43.2 Å². The van der Waals surface area contributed by atoms with Crippen LogP contribution < -0.4 is 14.8 Å². The summed E-state index contributed by atoms with van der Waals surface area (Å²) in [6, 6.07) is 2.62. The quantitative estimate of drug-likeness (QED) is 0.294. The molecule has 0 unspecified atom stereocenters. The number of Topliss-reactive ketones (excluding diaryl/α,β-unsaturated/α-hetero) is 1. The average molecular weight is 472 g/mol. The summed E-state index contributed by atoms with van der Waals surface area (Å²) in [5.41, 5.74) is 0.778. The third-order valence-corrected chi connectivity index (χ3v) is 6.27. The number of fused-ring (bicyclic) bond motifs is 1. The van der Waals surface area contributed by atoms with E-state index in [4.69, 9.17) is 18.9 Å². The largest absolute Gasteiger partial charge is 0.468 e. The smallest absolute Gasteiger partial charge is 0.336 e. The van der Waals surface area contributed by atoms with Gasteiger partial charge in [0.1, 0.15) is 5.92 Å². The molecule has 11 heteroatoms. The van der Waals surface area contributed by atoms with E-state index in [0.717, 1.165) is 0 Å². The third kappa shape index (κ3) is 3.66. The molecule has 2 heterocycles. The first-order valence-electron chi connectivity index (χ1n) is 10.8. The number of carbonyl (C=O) groups is 3. The molecule has 3 aliphatic rings. The van der Waals surface area contributed by atoms with E-state index in [9.17, 15) is 24.5 Å². The molecule has 0 amide bonds. The Morgan fingerprint density at radius 3 is 2.56 bits per heavy atom. The van der Waals surface area contributed by atoms with E-state index in [-0.39, 0.29) is 53.2 Å². The van der Waals surface area contributed by atoms with Crippen LogP contribution in [0.2, 0.25) is 0 Å². The molecule has 0 saturated heterocycles. The lowest BCUT2D eigenvalue weighted by molar-refractivity contribution is -0.385. The number of ketones is 1. The fraction of sp³-hybridized carbons (Fsp3) is 0.435. The molecule has 2 aliphatic heterocycles. The van der Waals surface area contributed by atoms with Crippen LogP contribution in [0.1, 0.15) is 38.7 Å². The summed E-state index contributed by atoms with van der Waals surface area (Å²) in [5.74, 6) is -4.18. The van der Waals surface area contributed by atoms with Gasteiger partial charge in [-0.25, -0.2) is 4.79 Å². The number of dihydropyridines is 1. The number of nitrogens with one attached hydrogen (secondary N) is 1. The maximum atomic E-state index is 13.7. The Balaban J connectivity index is 1.98. The number of carbonyl (C=O) groups excluding carboxylic acids is 3. The van der Waals surface area contributed by atoms with Gasteiger partial charge in [-0.3, -0.25) is 19.7 Å². The fourth-order valence-corrected chi connectivity index (χ4v) is 4.81. The van der Waals surface area contributed by atoms with Crippen molar-refractivity contribution in [3.05, 3.63) is 50.4 Å². The Bertz CT molecular complexity index is 1170. The minimum absolute atomic E-state index is 0.0501. The SMILES string of the molecule is CCOC(=O)C1=C(C)NC2=C(C(=O)[C@@H](C(=O)OC)[C@@H](C)C2)[C@@H]1c1cc2c(cc1[N+](=O)[O-])OCO2. The summed E-state index contributed by atoms with van der Waals surface area (Å²) in [7, 11) is 1.19. The normalized spacial score (nSPS) is 23.3. The van der Waals surface area contributed by atoms with Crippen LogP contribution in [-0.2, 0) is 23.9 Å². The minimum atomic E-state index is -1.16. The predicted molar refractivity (Wildman–Crippen MR) is 116 cm³/mol. The fourth-order valence-electron chi connectivity index (χ4n) is 4.81. The van der Waals surface area contributed by atoms with E-state index < -0.39 is 34.5 Å². The maximum Gasteiger partial charge on any atom is 0.336 e. The molecule has 4 rings (SSSR count). The molecule has 1 aliphatic carbocycles. The molecule has 0 bridgehead atoms. The Morgan fingerprint density at radius 2 is 1.94 bits per heavy atom. The van der Waals surface area contributed by atoms with Gasteiger partial charge in [-0.15, -0.1) is 0 Å². The molecule has 180 valence electrons. The van der Waals surface area contributed by atoms with E-state index in [1.807, 2.05) is 0 Å². The summed E-state index contributed by atoms with van der Waals surface area (Å²) >= 11 is 0. The lowest BCUT2D eigenvalue weighted by atomic mass is 9.69. The van der Waals surface area contributed by atoms with Gasteiger partial charge in [0.2, 0.25) is 6.79 Å². The maximum absolute atomic E-state index is 13.7. The number of nitro benzene ring substituents is 1. The van der Waals surface area contributed by atoms with E-state index >= 15 is 0 Å². The first kappa shape index (κ1) is 23.3. The highest BCUT2D eigenvalue weighted by atomic mass is 16.7. The molecule has 34 heavy (non-hydrogen) atoms. The van der Waals surface area contributed by atoms with Crippen molar-refractivity contribution < 1.29 is 38.3 Å². The highest BCUT2D eigenvalue weighted by Gasteiger charge is 2.49. The number of esters is 2. The summed E-state index contributed by atoms with van der Waals surface area (Å²) in [6.45, 7) is 4.98. The second-order valence-electron chi connectivity index (χ2n) is 8.28. The molecule has 0 radical (unpaired) electrons. The van der Waals surface area contributed by atoms with Crippen LogP contribution in [0.15, 0.2) is 34.7 Å². The zero-order chi connectivity index (χ0) is 24.7. The van der Waals surface area contributed by atoms with E-state index in [2.05, 4.69) is 5.32 Å². The van der Waals surface area contributed by atoms with Crippen LogP contribution in [0.3, 0.4) is 0 Å². The zero-order valence-corrected chi connectivity index (χ0v) is 19.1. The standard InChI is InChI=1S/C23H24N2O9/c1-5-32-23(28)18-11(3)24-13-6-10(2)17(22(27)31-4)21(26)20(13)19(18)12-7-15-16(34-9-33-15)8-14(12)25(29)30/h7-8,10,17,19,24H,5-6,9H2,1-4H3/t10-,17-,19+/m0/s1. The van der Waals surface area contributed by atoms with Crippen LogP contribution in [0.5, 0.6) is 11.5 Å². The number of hydrogen-bond donors (Lipinski definition) is 1. The van der Waals surface area contributed by atoms with Gasteiger partial charge in [0.25, 0.3) is 5.69 Å². The Labute approximate surface area is 194 Å². The van der Waals surface area contributed by atoms with Crippen molar-refractivity contribution in [2.45, 2.75) is 33.1 Å². The Kier molecular flexibility index (Phi) is 6.03. The number of nitro groups is 1. The number of benzene rings is 1. The molecular weight excluding hydrogens is 448 g/mol. The molecule has 0 saturated carbocycles. The highest BCUT2D eigenvalue weighted by molar-refractivity contribution is 6.12. The minimum Gasteiger partial charge on any atom is -0.468 e. The highest BCUT2D eigenvalue weighted by Crippen LogP contribution is 2.50. The van der Waals surface area contributed by atoms with Crippen molar-refractivity contribution in [2.75, 3.05) is 20.5 Å². The molecule has 0 fully saturated rings. The van der Waals surface area contributed by atoms with Crippen molar-refractivity contribution in [2.24, 2.45) is 11.8 Å². The summed E-state index contributed by atoms with van der Waals surface area (Å²) in [5, 5.41) is 15.2. The lowest BCUT2D eigenvalue weighted by Gasteiger charge is -2.38. The average Bonchev–Trinajstić information content (AvgIpc) is 3.24. The number of hydrogen-bond acceptors (Lipinski definition) is 10. The predicted octanol–water partition coefficient (Wildman–Crippen LogP) is 2.50. The third-order valence-electron chi connectivity index (χ3n) is 6.27. The van der Waals surface area contributed by atoms with Gasteiger partial charge in [-0.1, -0.05) is 6.92 Å². The van der Waals surface area contributed by atoms with Crippen molar-refractivity contribution in [3.8, 4) is 11.5 Å². The van der Waals surface area contributed by atoms with Gasteiger partial charge in [0.15, 0.2) is 17.3 Å². The van der Waals surface area contributed by atoms with Crippen molar-refractivity contribution in [3.63, 3.8) is 0 Å². The molecular formula is C23H24N2O9. The van der Waals surface area contributed by atoms with E-state index in [0.29, 0.717) is 17.8 Å². The number of nitrogens with zero attached hydrogens (tertiary/aromatic N) is 1. The summed E-state index contributed by atoms with van der Waals surface area (Å²) in [6.07, 6.45) is 0.309. The number of rotatable bonds is 5. The molecule has 11 nitrogen and oxygen atoms in total. The first-order valence-corrected chi connectivity index (χ1v) is 10.8. The molecule has 0 aromatic heterocycles. The number of ether oxygens (including phenoxy) is 4. The van der Waals surface area contributed by atoms with E-state index in [1.165, 1.54) is 19.2 Å². The van der Waals surface area contributed by atoms with Crippen molar-refractivity contribution in [1.82, 2.24) is 5.32 Å². The summed E-state index contributed by atoms with van der Waals surface area (Å²) in [4.78, 5) is 50.7. The van der Waals surface area contributed by atoms with Crippen LogP contribution >= 0.6 is 0 Å². The van der Waals surface area contributed by atoms with Gasteiger partial charge in [-0.05, 0) is 32.3 Å². The lowest BCUT2D eigenvalue weighted by Crippen LogP contribution is -2.43. The van der Waals surface area contributed by atoms with Gasteiger partial charge >= 0.3 is 11.9 Å². The molecule has 1 N–H and O–H groups in total. The number of methoxy groups -OCH3 is 1. The first-order chi connectivity index (χ1) is 16.2. The van der Waals surface area contributed by atoms with Crippen molar-refractivity contribution in [1.29, 1.82) is 0 Å². The zero-order valence-electron chi connectivity index (χ0n) is 19.1. The molecule has 3 atom stereocenters. The topological polar surface area (TPSA) is 143 Å². The van der Waals surface area contributed by atoms with Gasteiger partial charge in [-0.2, -0.15) is 0 Å². The van der Waals surface area contributed by atoms with E-state index in [1.54, 1.807) is 20.8 Å². The van der Waals surface area contributed by atoms with Gasteiger partial charge in [0, 0.05) is 22.5 Å². The van der Waals surface area contributed by atoms with Crippen LogP contribution in [0.4, 0.5) is 5.69 Å². The number of allylic oxidation sites excluding steroid dienone is 3. The van der Waals surface area contributed by atoms with Crippen molar-refractivity contribution >= 4 is 23.4 Å². The monoisotopic (exact) mass is 472 g/mol. The van der Waals surface area contributed by atoms with Crippen LogP contribution in [0.25, 0.3) is 0 Å².